The summed E-state index contributed by atoms with van der Waals surface area (Å²) < 4.78 is 5.38. The second-order valence-electron chi connectivity index (χ2n) is 11.3. The Morgan fingerprint density at radius 1 is 1.03 bits per heavy atom. The summed E-state index contributed by atoms with van der Waals surface area (Å²) in [6.45, 7) is 5.44. The van der Waals surface area contributed by atoms with Crippen LogP contribution in [0.3, 0.4) is 0 Å². The van der Waals surface area contributed by atoms with Crippen LogP contribution < -0.4 is 5.32 Å². The summed E-state index contributed by atoms with van der Waals surface area (Å²) >= 11 is 13.5. The quantitative estimate of drug-likeness (QED) is 0.345. The molecule has 2 aliphatic heterocycles. The van der Waals surface area contributed by atoms with Crippen LogP contribution in [0, 0.1) is 0 Å². The zero-order valence-corrected chi connectivity index (χ0v) is 23.3. The molecule has 0 spiro atoms. The molecule has 2 aromatic carbocycles. The topological polar surface area (TPSA) is 74.7 Å². The number of rotatable bonds is 5. The number of ether oxygens (including phenoxy) is 1. The van der Waals surface area contributed by atoms with Gasteiger partial charge in [-0.25, -0.2) is 4.79 Å². The van der Waals surface area contributed by atoms with Crippen LogP contribution in [0.2, 0.25) is 10.0 Å². The van der Waals surface area contributed by atoms with Gasteiger partial charge in [0, 0.05) is 34.0 Å². The predicted molar refractivity (Wildman–Crippen MR) is 151 cm³/mol. The summed E-state index contributed by atoms with van der Waals surface area (Å²) in [6, 6.07) is 19.3. The van der Waals surface area contributed by atoms with E-state index >= 15 is 0 Å². The summed E-state index contributed by atoms with van der Waals surface area (Å²) in [5, 5.41) is 16.1. The van der Waals surface area contributed by atoms with Crippen LogP contribution in [0.1, 0.15) is 69.3 Å². The normalized spacial score (nSPS) is 23.4. The Morgan fingerprint density at radius 3 is 2.11 bits per heavy atom. The van der Waals surface area contributed by atoms with Gasteiger partial charge in [0.15, 0.2) is 0 Å². The number of nitrogens with zero attached hydrogens (tertiary/aromatic N) is 2. The molecule has 1 amide bonds. The van der Waals surface area contributed by atoms with Gasteiger partial charge >= 0.3 is 6.09 Å². The van der Waals surface area contributed by atoms with Crippen LogP contribution >= 0.6 is 23.2 Å². The summed E-state index contributed by atoms with van der Waals surface area (Å²) in [5.41, 5.74) is 1.37. The summed E-state index contributed by atoms with van der Waals surface area (Å²) in [7, 11) is 0. The van der Waals surface area contributed by atoms with Gasteiger partial charge in [-0.1, -0.05) is 59.6 Å². The van der Waals surface area contributed by atoms with E-state index in [0.717, 1.165) is 24.0 Å². The fraction of sp³-hybridized carbons (Fsp3) is 0.400. The van der Waals surface area contributed by atoms with E-state index in [4.69, 9.17) is 27.9 Å². The summed E-state index contributed by atoms with van der Waals surface area (Å²) in [4.78, 5) is 19.3. The van der Waals surface area contributed by atoms with E-state index in [1.54, 1.807) is 18.3 Å². The Balaban J connectivity index is 1.44. The van der Waals surface area contributed by atoms with E-state index in [2.05, 4.69) is 27.3 Å². The average Bonchev–Trinajstić information content (AvgIpc) is 3.11. The maximum absolute atomic E-state index is 12.3. The van der Waals surface area contributed by atoms with Gasteiger partial charge in [-0.2, -0.15) is 0 Å². The number of carbonyl (C=O) groups is 1. The van der Waals surface area contributed by atoms with Crippen LogP contribution in [0.4, 0.5) is 10.5 Å². The molecule has 0 saturated carbocycles. The van der Waals surface area contributed by atoms with E-state index in [9.17, 15) is 9.90 Å². The molecule has 6 nitrogen and oxygen atoms in total. The van der Waals surface area contributed by atoms with E-state index in [1.165, 1.54) is 0 Å². The lowest BCUT2D eigenvalue weighted by Crippen LogP contribution is -2.51. The van der Waals surface area contributed by atoms with Crippen LogP contribution in [-0.4, -0.2) is 38.8 Å². The molecule has 0 aliphatic carbocycles. The fourth-order valence-electron chi connectivity index (χ4n) is 5.96. The molecule has 2 unspecified atom stereocenters. The first-order valence-electron chi connectivity index (χ1n) is 13.0. The lowest BCUT2D eigenvalue weighted by Gasteiger charge is -2.47. The number of anilines is 1. The fourth-order valence-corrected chi connectivity index (χ4v) is 6.43. The van der Waals surface area contributed by atoms with Crippen molar-refractivity contribution in [1.29, 1.82) is 0 Å². The number of piperidine rings is 1. The van der Waals surface area contributed by atoms with E-state index in [0.29, 0.717) is 34.3 Å². The monoisotopic (exact) mass is 553 g/mol. The Morgan fingerprint density at radius 2 is 1.58 bits per heavy atom. The predicted octanol–water partition coefficient (Wildman–Crippen LogP) is 7.34. The van der Waals surface area contributed by atoms with Gasteiger partial charge in [-0.15, -0.1) is 0 Å². The van der Waals surface area contributed by atoms with Gasteiger partial charge in [0.1, 0.15) is 11.2 Å². The molecular weight excluding hydrogens is 521 g/mol. The van der Waals surface area contributed by atoms with Gasteiger partial charge in [-0.3, -0.25) is 15.2 Å². The van der Waals surface area contributed by atoms with Crippen molar-refractivity contribution in [1.82, 2.24) is 9.88 Å². The largest absolute Gasteiger partial charge is 0.444 e. The van der Waals surface area contributed by atoms with Crippen LogP contribution in [0.25, 0.3) is 0 Å². The van der Waals surface area contributed by atoms with E-state index < -0.39 is 17.3 Å². The molecule has 1 aromatic heterocycles. The van der Waals surface area contributed by atoms with Crippen LogP contribution in [0.5, 0.6) is 0 Å². The van der Waals surface area contributed by atoms with Gasteiger partial charge in [0.25, 0.3) is 0 Å². The molecule has 3 aromatic rings. The van der Waals surface area contributed by atoms with Crippen molar-refractivity contribution in [3.8, 4) is 0 Å². The molecule has 2 saturated heterocycles. The zero-order valence-electron chi connectivity index (χ0n) is 21.8. The number of hydrogen-bond donors (Lipinski definition) is 2. The number of carbonyl (C=O) groups excluding carboxylic acids is 1. The minimum Gasteiger partial charge on any atom is -0.444 e. The third-order valence-corrected chi connectivity index (χ3v) is 8.09. The smallest absolute Gasteiger partial charge is 0.412 e. The molecular formula is C30H33Cl2N3O3. The molecule has 5 rings (SSSR count). The maximum Gasteiger partial charge on any atom is 0.412 e. The first kappa shape index (κ1) is 26.9. The highest BCUT2D eigenvalue weighted by atomic mass is 35.5. The van der Waals surface area contributed by atoms with Crippen molar-refractivity contribution in [3.05, 3.63) is 93.7 Å². The summed E-state index contributed by atoms with van der Waals surface area (Å²) in [6.07, 6.45) is 4.00. The molecule has 0 radical (unpaired) electrons. The van der Waals surface area contributed by atoms with Crippen molar-refractivity contribution in [3.63, 3.8) is 0 Å². The standard InChI is InChI=1S/C30H33Cl2N3O3/c1-29(2,3)38-28(36)34-19-14-15-33-26(16-19)30(37)17-20-12-13-21(18-30)35(20)27(22-8-4-6-10-24(22)31)23-9-5-7-11-25(23)32/h4-11,14-16,20-21,27,37H,12-13,17-18H2,1-3H3,(H,33,34,36). The third-order valence-electron chi connectivity index (χ3n) is 7.40. The van der Waals surface area contributed by atoms with Gasteiger partial charge < -0.3 is 9.84 Å². The third kappa shape index (κ3) is 5.55. The highest BCUT2D eigenvalue weighted by Crippen LogP contribution is 2.51. The van der Waals surface area contributed by atoms with Gasteiger partial charge in [0.2, 0.25) is 0 Å². The number of aliphatic hydroxyl groups is 1. The molecule has 8 heteroatoms. The highest BCUT2D eigenvalue weighted by molar-refractivity contribution is 6.32. The molecule has 2 atom stereocenters. The zero-order chi connectivity index (χ0) is 27.1. The van der Waals surface area contributed by atoms with Crippen molar-refractivity contribution in [2.24, 2.45) is 0 Å². The number of benzene rings is 2. The number of amides is 1. The number of pyridine rings is 1. The van der Waals surface area contributed by atoms with E-state index in [1.807, 2.05) is 57.2 Å². The Kier molecular flexibility index (Phi) is 7.44. The van der Waals surface area contributed by atoms with E-state index in [-0.39, 0.29) is 18.1 Å². The lowest BCUT2D eigenvalue weighted by atomic mass is 9.81. The number of aromatic nitrogens is 1. The number of hydrogen-bond acceptors (Lipinski definition) is 5. The second kappa shape index (κ2) is 10.5. The lowest BCUT2D eigenvalue weighted by molar-refractivity contribution is -0.0683. The van der Waals surface area contributed by atoms with Crippen LogP contribution in [-0.2, 0) is 10.3 Å². The maximum atomic E-state index is 12.3. The molecule has 3 heterocycles. The van der Waals surface area contributed by atoms with Crippen molar-refractivity contribution < 1.29 is 14.6 Å². The SMILES string of the molecule is CC(C)(C)OC(=O)Nc1ccnc(C2(O)CC3CCC(C2)N3C(c2ccccc2Cl)c2ccccc2Cl)c1. The highest BCUT2D eigenvalue weighted by Gasteiger charge is 2.51. The number of nitrogens with one attached hydrogen (secondary N) is 1. The summed E-state index contributed by atoms with van der Waals surface area (Å²) in [5.74, 6) is 0. The Bertz CT molecular complexity index is 1270. The Labute approximate surface area is 233 Å². The number of halogens is 2. The molecule has 38 heavy (non-hydrogen) atoms. The van der Waals surface area contributed by atoms with Gasteiger partial charge in [0.05, 0.1) is 11.7 Å². The first-order valence-corrected chi connectivity index (χ1v) is 13.7. The van der Waals surface area contributed by atoms with Crippen molar-refractivity contribution in [2.75, 3.05) is 5.32 Å². The average molecular weight is 555 g/mol. The molecule has 2 bridgehead atoms. The Hall–Kier alpha value is -2.64. The minimum absolute atomic E-state index is 0.0977. The van der Waals surface area contributed by atoms with Gasteiger partial charge in [-0.05, 0) is 81.8 Å². The molecule has 200 valence electrons. The van der Waals surface area contributed by atoms with Crippen molar-refractivity contribution in [2.45, 2.75) is 75.8 Å². The molecule has 2 fully saturated rings. The molecule has 2 aliphatic rings. The molecule has 2 N–H and O–H groups in total. The first-order chi connectivity index (χ1) is 18.0. The minimum atomic E-state index is -1.13. The van der Waals surface area contributed by atoms with Crippen LogP contribution in [0.15, 0.2) is 66.9 Å². The number of fused-ring (bicyclic) bond motifs is 2. The second-order valence-corrected chi connectivity index (χ2v) is 12.1. The van der Waals surface area contributed by atoms with Crippen molar-refractivity contribution >= 4 is 35.0 Å².